The summed E-state index contributed by atoms with van der Waals surface area (Å²) in [6.45, 7) is 4.55. The molecule has 0 radical (unpaired) electrons. The summed E-state index contributed by atoms with van der Waals surface area (Å²) in [5, 5.41) is 3.39. The molecule has 2 aromatic carbocycles. The number of anilines is 1. The van der Waals surface area contributed by atoms with E-state index in [4.69, 9.17) is 10.5 Å². The summed E-state index contributed by atoms with van der Waals surface area (Å²) in [7, 11) is 0. The quantitative estimate of drug-likeness (QED) is 0.544. The highest BCUT2D eigenvalue weighted by molar-refractivity contribution is 5.54. The van der Waals surface area contributed by atoms with Crippen LogP contribution < -0.4 is 15.8 Å². The minimum atomic E-state index is -0.258. The van der Waals surface area contributed by atoms with Crippen LogP contribution in [0.1, 0.15) is 30.9 Å². The van der Waals surface area contributed by atoms with Gasteiger partial charge in [-0.3, -0.25) is 0 Å². The molecule has 0 aromatic heterocycles. The van der Waals surface area contributed by atoms with E-state index in [0.29, 0.717) is 18.0 Å². The van der Waals surface area contributed by atoms with Gasteiger partial charge < -0.3 is 15.8 Å². The van der Waals surface area contributed by atoms with E-state index >= 15 is 0 Å². The van der Waals surface area contributed by atoms with E-state index in [1.807, 2.05) is 24.3 Å². The lowest BCUT2D eigenvalue weighted by molar-refractivity contribution is 0.307. The second kappa shape index (κ2) is 9.16. The van der Waals surface area contributed by atoms with E-state index in [-0.39, 0.29) is 5.82 Å². The van der Waals surface area contributed by atoms with Gasteiger partial charge in [-0.1, -0.05) is 25.1 Å². The molecule has 0 spiro atoms. The van der Waals surface area contributed by atoms with Crippen molar-refractivity contribution in [2.75, 3.05) is 18.8 Å². The van der Waals surface area contributed by atoms with Crippen molar-refractivity contribution in [2.24, 2.45) is 0 Å². The predicted molar refractivity (Wildman–Crippen MR) is 93.1 cm³/mol. The standard InChI is InChI=1S/C19H25FN2O/c1-2-10-22-11-4-6-15-8-9-19(18(21)13-15)23-14-16-5-3-7-17(20)12-16/h3,5,7-9,12-13,22H,2,4,6,10-11,14,21H2,1H3. The molecule has 0 heterocycles. The number of nitrogen functional groups attached to an aromatic ring is 1. The molecular formula is C19H25FN2O. The van der Waals surface area contributed by atoms with Crippen LogP contribution in [0, 0.1) is 5.82 Å². The van der Waals surface area contributed by atoms with Crippen molar-refractivity contribution in [3.8, 4) is 5.75 Å². The van der Waals surface area contributed by atoms with E-state index < -0.39 is 0 Å². The highest BCUT2D eigenvalue weighted by Crippen LogP contribution is 2.24. The molecule has 0 aliphatic heterocycles. The van der Waals surface area contributed by atoms with Crippen molar-refractivity contribution in [2.45, 2.75) is 32.8 Å². The fourth-order valence-electron chi connectivity index (χ4n) is 2.39. The summed E-state index contributed by atoms with van der Waals surface area (Å²) in [6, 6.07) is 12.3. The van der Waals surface area contributed by atoms with Gasteiger partial charge in [0.2, 0.25) is 0 Å². The Kier molecular flexibility index (Phi) is 6.88. The first kappa shape index (κ1) is 17.3. The number of nitrogens with one attached hydrogen (secondary N) is 1. The molecule has 0 fully saturated rings. The van der Waals surface area contributed by atoms with Gasteiger partial charge in [0.1, 0.15) is 18.2 Å². The second-order valence-corrected chi connectivity index (χ2v) is 5.64. The number of rotatable bonds is 9. The number of benzene rings is 2. The topological polar surface area (TPSA) is 47.3 Å². The van der Waals surface area contributed by atoms with Crippen LogP contribution >= 0.6 is 0 Å². The zero-order valence-electron chi connectivity index (χ0n) is 13.6. The minimum absolute atomic E-state index is 0.258. The molecule has 0 atom stereocenters. The number of aryl methyl sites for hydroxylation is 1. The Hall–Kier alpha value is -2.07. The SMILES string of the molecule is CCCNCCCc1ccc(OCc2cccc(F)c2)c(N)c1. The lowest BCUT2D eigenvalue weighted by Gasteiger charge is -2.11. The van der Waals surface area contributed by atoms with Gasteiger partial charge in [0.25, 0.3) is 0 Å². The van der Waals surface area contributed by atoms with E-state index in [1.165, 1.54) is 17.7 Å². The van der Waals surface area contributed by atoms with E-state index in [0.717, 1.165) is 37.9 Å². The van der Waals surface area contributed by atoms with Crippen LogP contribution in [0.25, 0.3) is 0 Å². The summed E-state index contributed by atoms with van der Waals surface area (Å²) in [6.07, 6.45) is 3.23. The molecule has 0 unspecified atom stereocenters. The molecule has 3 N–H and O–H groups in total. The maximum absolute atomic E-state index is 13.1. The largest absolute Gasteiger partial charge is 0.487 e. The van der Waals surface area contributed by atoms with Crippen LogP contribution in [-0.4, -0.2) is 13.1 Å². The lowest BCUT2D eigenvalue weighted by Crippen LogP contribution is -2.16. The molecule has 124 valence electrons. The smallest absolute Gasteiger partial charge is 0.142 e. The van der Waals surface area contributed by atoms with E-state index in [2.05, 4.69) is 12.2 Å². The zero-order valence-corrected chi connectivity index (χ0v) is 13.6. The van der Waals surface area contributed by atoms with Crippen LogP contribution in [0.5, 0.6) is 5.75 Å². The number of halogens is 1. The highest BCUT2D eigenvalue weighted by Gasteiger charge is 2.04. The summed E-state index contributed by atoms with van der Waals surface area (Å²) in [5.74, 6) is 0.383. The van der Waals surface area contributed by atoms with Gasteiger partial charge in [-0.15, -0.1) is 0 Å². The molecule has 0 amide bonds. The molecule has 0 aliphatic carbocycles. The van der Waals surface area contributed by atoms with Gasteiger partial charge in [0.15, 0.2) is 0 Å². The van der Waals surface area contributed by atoms with Crippen molar-refractivity contribution in [1.82, 2.24) is 5.32 Å². The molecule has 0 aliphatic rings. The summed E-state index contributed by atoms with van der Waals surface area (Å²) >= 11 is 0. The van der Waals surface area contributed by atoms with Crippen LogP contribution in [-0.2, 0) is 13.0 Å². The third-order valence-electron chi connectivity index (χ3n) is 3.60. The Bertz CT molecular complexity index is 616. The Balaban J connectivity index is 1.84. The van der Waals surface area contributed by atoms with Crippen LogP contribution in [0.2, 0.25) is 0 Å². The Morgan fingerprint density at radius 2 is 1.96 bits per heavy atom. The molecule has 4 heteroatoms. The normalized spacial score (nSPS) is 10.7. The lowest BCUT2D eigenvalue weighted by atomic mass is 10.1. The molecule has 2 aromatic rings. The first-order valence-electron chi connectivity index (χ1n) is 8.15. The van der Waals surface area contributed by atoms with Crippen molar-refractivity contribution in [1.29, 1.82) is 0 Å². The number of nitrogens with two attached hydrogens (primary N) is 1. The zero-order chi connectivity index (χ0) is 16.5. The predicted octanol–water partition coefficient (Wildman–Crippen LogP) is 3.92. The van der Waals surface area contributed by atoms with Crippen LogP contribution in [0.3, 0.4) is 0 Å². The minimum Gasteiger partial charge on any atom is -0.487 e. The average molecular weight is 316 g/mol. The molecule has 0 saturated carbocycles. The summed E-state index contributed by atoms with van der Waals surface area (Å²) < 4.78 is 18.8. The molecule has 2 rings (SSSR count). The van der Waals surface area contributed by atoms with Gasteiger partial charge in [-0.05, 0) is 67.7 Å². The number of ether oxygens (including phenoxy) is 1. The molecule has 3 nitrogen and oxygen atoms in total. The second-order valence-electron chi connectivity index (χ2n) is 5.64. The van der Waals surface area contributed by atoms with Crippen molar-refractivity contribution < 1.29 is 9.13 Å². The number of hydrogen-bond acceptors (Lipinski definition) is 3. The first-order valence-corrected chi connectivity index (χ1v) is 8.15. The monoisotopic (exact) mass is 316 g/mol. The Morgan fingerprint density at radius 3 is 2.70 bits per heavy atom. The molecule has 0 saturated heterocycles. The Labute approximate surface area is 137 Å². The highest BCUT2D eigenvalue weighted by atomic mass is 19.1. The maximum Gasteiger partial charge on any atom is 0.142 e. The summed E-state index contributed by atoms with van der Waals surface area (Å²) in [5.41, 5.74) is 8.67. The third-order valence-corrected chi connectivity index (χ3v) is 3.60. The van der Waals surface area contributed by atoms with Crippen molar-refractivity contribution in [3.05, 3.63) is 59.4 Å². The van der Waals surface area contributed by atoms with E-state index in [1.54, 1.807) is 6.07 Å². The fraction of sp³-hybridized carbons (Fsp3) is 0.368. The van der Waals surface area contributed by atoms with Gasteiger partial charge in [-0.2, -0.15) is 0 Å². The van der Waals surface area contributed by atoms with Crippen LogP contribution in [0.15, 0.2) is 42.5 Å². The molecule has 23 heavy (non-hydrogen) atoms. The van der Waals surface area contributed by atoms with Gasteiger partial charge in [0, 0.05) is 0 Å². The molecular weight excluding hydrogens is 291 g/mol. The first-order chi connectivity index (χ1) is 11.2. The van der Waals surface area contributed by atoms with Crippen molar-refractivity contribution in [3.63, 3.8) is 0 Å². The van der Waals surface area contributed by atoms with Crippen LogP contribution in [0.4, 0.5) is 10.1 Å². The third kappa shape index (κ3) is 5.91. The van der Waals surface area contributed by atoms with Gasteiger partial charge in [-0.25, -0.2) is 4.39 Å². The fourth-order valence-corrected chi connectivity index (χ4v) is 2.39. The summed E-state index contributed by atoms with van der Waals surface area (Å²) in [4.78, 5) is 0. The van der Waals surface area contributed by atoms with E-state index in [9.17, 15) is 4.39 Å². The Morgan fingerprint density at radius 1 is 1.09 bits per heavy atom. The maximum atomic E-state index is 13.1. The van der Waals surface area contributed by atoms with Crippen molar-refractivity contribution >= 4 is 5.69 Å². The number of hydrogen-bond donors (Lipinski definition) is 2. The average Bonchev–Trinajstić information content (AvgIpc) is 2.54. The van der Waals surface area contributed by atoms with Gasteiger partial charge >= 0.3 is 0 Å². The van der Waals surface area contributed by atoms with Gasteiger partial charge in [0.05, 0.1) is 5.69 Å². The molecule has 0 bridgehead atoms.